The number of hydrogen-bond donors (Lipinski definition) is 1. The number of hydrogen-bond acceptors (Lipinski definition) is 6. The van der Waals surface area contributed by atoms with E-state index in [1.54, 1.807) is 0 Å². The molecule has 1 N–H and O–H groups in total. The van der Waals surface area contributed by atoms with Crippen LogP contribution in [0.1, 0.15) is 58.1 Å². The molecule has 0 spiro atoms. The van der Waals surface area contributed by atoms with Crippen LogP contribution in [-0.4, -0.2) is 47.7 Å². The highest BCUT2D eigenvalue weighted by Crippen LogP contribution is 2.27. The Balaban J connectivity index is 1.31. The molecule has 1 aromatic heterocycles. The molecule has 1 aliphatic carbocycles. The summed E-state index contributed by atoms with van der Waals surface area (Å²) in [6, 6.07) is 18.2. The van der Waals surface area contributed by atoms with Gasteiger partial charge < -0.3 is 19.7 Å². The van der Waals surface area contributed by atoms with Gasteiger partial charge in [-0.1, -0.05) is 46.0 Å². The second-order valence-corrected chi connectivity index (χ2v) is 9.91. The quantitative estimate of drug-likeness (QED) is 0.265. The van der Waals surface area contributed by atoms with Gasteiger partial charge in [0.2, 0.25) is 5.95 Å². The minimum Gasteiger partial charge on any atom is -0.494 e. The number of aromatic nitrogens is 2. The minimum absolute atomic E-state index is 0.581. The largest absolute Gasteiger partial charge is 0.494 e. The van der Waals surface area contributed by atoms with E-state index in [0.29, 0.717) is 12.6 Å². The fraction of sp³-hybridized carbons (Fsp3) is 0.484. The van der Waals surface area contributed by atoms with Gasteiger partial charge in [-0.15, -0.1) is 0 Å². The highest BCUT2D eigenvalue weighted by Gasteiger charge is 2.13. The fourth-order valence-electron chi connectivity index (χ4n) is 4.91. The SMILES string of the molecule is CCN(CC)CCOc1ccc(Nc2nc(C)cc(-c3ccc(OCCC4CCCCC4)cc3)n2)cc1. The van der Waals surface area contributed by atoms with E-state index >= 15 is 0 Å². The van der Waals surface area contributed by atoms with E-state index in [0.717, 1.165) is 72.7 Å². The Morgan fingerprint density at radius 2 is 1.49 bits per heavy atom. The van der Waals surface area contributed by atoms with Crippen LogP contribution in [0, 0.1) is 12.8 Å². The van der Waals surface area contributed by atoms with E-state index in [1.807, 2.05) is 49.4 Å². The van der Waals surface area contributed by atoms with Crippen molar-refractivity contribution < 1.29 is 9.47 Å². The van der Waals surface area contributed by atoms with Crippen LogP contribution >= 0.6 is 0 Å². The molecule has 6 nitrogen and oxygen atoms in total. The van der Waals surface area contributed by atoms with E-state index in [9.17, 15) is 0 Å². The van der Waals surface area contributed by atoms with Crippen molar-refractivity contribution in [2.75, 3.05) is 38.2 Å². The van der Waals surface area contributed by atoms with Gasteiger partial charge in [-0.2, -0.15) is 0 Å². The maximum absolute atomic E-state index is 6.03. The van der Waals surface area contributed by atoms with Crippen LogP contribution in [0.15, 0.2) is 54.6 Å². The maximum Gasteiger partial charge on any atom is 0.227 e. The molecule has 1 aliphatic rings. The summed E-state index contributed by atoms with van der Waals surface area (Å²) in [6.45, 7) is 10.8. The van der Waals surface area contributed by atoms with Gasteiger partial charge in [0.1, 0.15) is 18.1 Å². The van der Waals surface area contributed by atoms with E-state index in [2.05, 4.69) is 41.2 Å². The van der Waals surface area contributed by atoms with E-state index in [4.69, 9.17) is 14.5 Å². The van der Waals surface area contributed by atoms with E-state index in [-0.39, 0.29) is 0 Å². The Morgan fingerprint density at radius 1 is 0.838 bits per heavy atom. The number of ether oxygens (including phenoxy) is 2. The molecule has 2 aromatic carbocycles. The molecule has 6 heteroatoms. The molecule has 0 amide bonds. The fourth-order valence-corrected chi connectivity index (χ4v) is 4.91. The van der Waals surface area contributed by atoms with Gasteiger partial charge in [-0.25, -0.2) is 9.97 Å². The zero-order valence-electron chi connectivity index (χ0n) is 22.7. The molecule has 0 unspecified atom stereocenters. The summed E-state index contributed by atoms with van der Waals surface area (Å²) in [7, 11) is 0. The smallest absolute Gasteiger partial charge is 0.227 e. The second kappa shape index (κ2) is 14.0. The number of nitrogens with zero attached hydrogens (tertiary/aromatic N) is 3. The van der Waals surface area contributed by atoms with Crippen molar-refractivity contribution in [1.29, 1.82) is 0 Å². The summed E-state index contributed by atoms with van der Waals surface area (Å²) < 4.78 is 11.9. The van der Waals surface area contributed by atoms with Gasteiger partial charge in [-0.3, -0.25) is 0 Å². The Labute approximate surface area is 222 Å². The summed E-state index contributed by atoms with van der Waals surface area (Å²) in [5, 5.41) is 3.33. The summed E-state index contributed by atoms with van der Waals surface area (Å²) >= 11 is 0. The van der Waals surface area contributed by atoms with Gasteiger partial charge >= 0.3 is 0 Å². The molecule has 3 aromatic rings. The van der Waals surface area contributed by atoms with Crippen LogP contribution in [0.5, 0.6) is 11.5 Å². The highest BCUT2D eigenvalue weighted by atomic mass is 16.5. The predicted molar refractivity (Wildman–Crippen MR) is 152 cm³/mol. The average molecular weight is 503 g/mol. The lowest BCUT2D eigenvalue weighted by molar-refractivity contribution is 0.223. The molecule has 37 heavy (non-hydrogen) atoms. The summed E-state index contributed by atoms with van der Waals surface area (Å²) in [4.78, 5) is 11.7. The topological polar surface area (TPSA) is 59.5 Å². The van der Waals surface area contributed by atoms with Gasteiger partial charge in [0.15, 0.2) is 0 Å². The second-order valence-electron chi connectivity index (χ2n) is 9.91. The molecule has 1 saturated carbocycles. The Kier molecular flexibility index (Phi) is 10.2. The van der Waals surface area contributed by atoms with E-state index < -0.39 is 0 Å². The van der Waals surface area contributed by atoms with Crippen LogP contribution in [0.4, 0.5) is 11.6 Å². The number of anilines is 2. The van der Waals surface area contributed by atoms with Gasteiger partial charge in [0, 0.05) is 23.5 Å². The van der Waals surface area contributed by atoms with Crippen LogP contribution in [0.2, 0.25) is 0 Å². The van der Waals surface area contributed by atoms with Crippen molar-refractivity contribution in [3.63, 3.8) is 0 Å². The third-order valence-electron chi connectivity index (χ3n) is 7.20. The molecule has 4 rings (SSSR count). The van der Waals surface area contributed by atoms with Gasteiger partial charge in [0.05, 0.1) is 12.3 Å². The molecular weight excluding hydrogens is 460 g/mol. The Bertz CT molecular complexity index is 1080. The first-order valence-corrected chi connectivity index (χ1v) is 13.9. The molecule has 0 aliphatic heterocycles. The third kappa shape index (κ3) is 8.46. The van der Waals surface area contributed by atoms with Crippen molar-refractivity contribution in [3.05, 3.63) is 60.3 Å². The molecule has 198 valence electrons. The van der Waals surface area contributed by atoms with Gasteiger partial charge in [0.25, 0.3) is 0 Å². The molecule has 1 fully saturated rings. The number of aryl methyl sites for hydroxylation is 1. The molecule has 0 bridgehead atoms. The van der Waals surface area contributed by atoms with Crippen molar-refractivity contribution in [2.45, 2.75) is 59.3 Å². The maximum atomic E-state index is 6.03. The van der Waals surface area contributed by atoms with Crippen molar-refractivity contribution >= 4 is 11.6 Å². The number of nitrogens with one attached hydrogen (secondary N) is 1. The first-order chi connectivity index (χ1) is 18.1. The monoisotopic (exact) mass is 502 g/mol. The molecule has 0 atom stereocenters. The summed E-state index contributed by atoms with van der Waals surface area (Å²) in [6.07, 6.45) is 8.04. The average Bonchev–Trinajstić information content (AvgIpc) is 2.93. The summed E-state index contributed by atoms with van der Waals surface area (Å²) in [5.41, 5.74) is 3.77. The lowest BCUT2D eigenvalue weighted by Crippen LogP contribution is -2.27. The normalized spacial score (nSPS) is 14.1. The van der Waals surface area contributed by atoms with Crippen LogP contribution < -0.4 is 14.8 Å². The minimum atomic E-state index is 0.581. The van der Waals surface area contributed by atoms with Gasteiger partial charge in [-0.05, 0) is 86.9 Å². The number of rotatable bonds is 13. The number of benzene rings is 2. The molecular formula is C31H42N4O2. The molecule has 0 saturated heterocycles. The first kappa shape index (κ1) is 26.9. The predicted octanol–water partition coefficient (Wildman–Crippen LogP) is 7.27. The lowest BCUT2D eigenvalue weighted by Gasteiger charge is -2.21. The van der Waals surface area contributed by atoms with Crippen molar-refractivity contribution in [1.82, 2.24) is 14.9 Å². The number of likely N-dealkylation sites (N-methyl/N-ethyl adjacent to an activating group) is 1. The zero-order valence-corrected chi connectivity index (χ0v) is 22.7. The lowest BCUT2D eigenvalue weighted by atomic mass is 9.87. The van der Waals surface area contributed by atoms with Crippen LogP contribution in [-0.2, 0) is 0 Å². The zero-order chi connectivity index (χ0) is 25.9. The van der Waals surface area contributed by atoms with Crippen molar-refractivity contribution in [2.24, 2.45) is 5.92 Å². The first-order valence-electron chi connectivity index (χ1n) is 13.9. The van der Waals surface area contributed by atoms with Crippen LogP contribution in [0.25, 0.3) is 11.3 Å². The molecule has 1 heterocycles. The standard InChI is InChI=1S/C31H42N4O2/c1-4-35(5-2)20-22-37-29-17-13-27(14-18-29)33-31-32-24(3)23-30(34-31)26-11-15-28(16-12-26)36-21-19-25-9-7-6-8-10-25/h11-18,23,25H,4-10,19-22H2,1-3H3,(H,32,33,34). The highest BCUT2D eigenvalue weighted by molar-refractivity contribution is 5.63. The Morgan fingerprint density at radius 3 is 2.16 bits per heavy atom. The van der Waals surface area contributed by atoms with E-state index in [1.165, 1.54) is 32.1 Å². The van der Waals surface area contributed by atoms with Crippen molar-refractivity contribution in [3.8, 4) is 22.8 Å². The Hall–Kier alpha value is -3.12. The molecule has 0 radical (unpaired) electrons. The third-order valence-corrected chi connectivity index (χ3v) is 7.20. The van der Waals surface area contributed by atoms with Crippen LogP contribution in [0.3, 0.4) is 0 Å². The summed E-state index contributed by atoms with van der Waals surface area (Å²) in [5.74, 6) is 3.20.